The highest BCUT2D eigenvalue weighted by atomic mass is 19.1. The Balaban J connectivity index is 0.000000364. The van der Waals surface area contributed by atoms with Crippen LogP contribution in [0, 0.1) is 5.92 Å². The summed E-state index contributed by atoms with van der Waals surface area (Å²) in [5, 5.41) is 0. The van der Waals surface area contributed by atoms with Crippen molar-refractivity contribution in [1.82, 2.24) is 0 Å². The van der Waals surface area contributed by atoms with E-state index in [4.69, 9.17) is 0 Å². The minimum Gasteiger partial charge on any atom is -0.248 e. The lowest BCUT2D eigenvalue weighted by atomic mass is 9.82. The van der Waals surface area contributed by atoms with Crippen LogP contribution in [0.1, 0.15) is 45.4 Å². The van der Waals surface area contributed by atoms with Gasteiger partial charge in [0.05, 0.1) is 6.17 Å². The van der Waals surface area contributed by atoms with Gasteiger partial charge in [0, 0.05) is 0 Å². The predicted molar refractivity (Wildman–Crippen MR) is 62.2 cm³/mol. The quantitative estimate of drug-likeness (QED) is 0.563. The van der Waals surface area contributed by atoms with Gasteiger partial charge in [0.25, 0.3) is 0 Å². The Bertz CT molecular complexity index is 139. The summed E-state index contributed by atoms with van der Waals surface area (Å²) in [6.45, 7) is 8.38. The molecule has 14 heavy (non-hydrogen) atoms. The van der Waals surface area contributed by atoms with Gasteiger partial charge in [-0.25, -0.2) is 4.39 Å². The molecule has 1 aliphatic carbocycles. The molecule has 0 nitrogen and oxygen atoms in total. The monoisotopic (exact) mass is 198 g/mol. The second kappa shape index (κ2) is 8.98. The molecule has 1 saturated carbocycles. The van der Waals surface area contributed by atoms with Gasteiger partial charge in [-0.2, -0.15) is 0 Å². The first-order valence-corrected chi connectivity index (χ1v) is 5.58. The maximum atomic E-state index is 12.3. The summed E-state index contributed by atoms with van der Waals surface area (Å²) in [6, 6.07) is 0. The molecular formula is C13H23F. The van der Waals surface area contributed by atoms with E-state index in [-0.39, 0.29) is 0 Å². The number of halogens is 1. The first-order chi connectivity index (χ1) is 6.70. The Labute approximate surface area is 87.9 Å². The highest BCUT2D eigenvalue weighted by Gasteiger charge is 2.16. The van der Waals surface area contributed by atoms with Gasteiger partial charge in [0.2, 0.25) is 0 Å². The van der Waals surface area contributed by atoms with Crippen LogP contribution < -0.4 is 0 Å². The molecule has 0 heterocycles. The standard InChI is InChI=1S/C9H17F.C4H6/c1-8(10)4-2-5-9-6-3-7-9;1-3-4-2/h8-9H,2-7H2,1H3;3-4H,1-2H2. The number of allylic oxidation sites excluding steroid dienone is 2. The lowest BCUT2D eigenvalue weighted by molar-refractivity contribution is 0.265. The lowest BCUT2D eigenvalue weighted by Gasteiger charge is -2.25. The fourth-order valence-electron chi connectivity index (χ4n) is 1.47. The molecule has 82 valence electrons. The zero-order valence-electron chi connectivity index (χ0n) is 9.34. The summed E-state index contributed by atoms with van der Waals surface area (Å²) in [5.74, 6) is 0.957. The molecule has 0 spiro atoms. The summed E-state index contributed by atoms with van der Waals surface area (Å²) in [4.78, 5) is 0. The normalized spacial score (nSPS) is 17.3. The maximum absolute atomic E-state index is 12.3. The predicted octanol–water partition coefficient (Wildman–Crippen LogP) is 4.67. The average Bonchev–Trinajstić information content (AvgIpc) is 2.09. The van der Waals surface area contributed by atoms with Crippen molar-refractivity contribution in [2.24, 2.45) is 5.92 Å². The van der Waals surface area contributed by atoms with E-state index in [1.54, 1.807) is 19.1 Å². The molecular weight excluding hydrogens is 175 g/mol. The Morgan fingerprint density at radius 1 is 1.36 bits per heavy atom. The summed E-state index contributed by atoms with van der Waals surface area (Å²) < 4.78 is 12.3. The van der Waals surface area contributed by atoms with Gasteiger partial charge >= 0.3 is 0 Å². The Hall–Kier alpha value is -0.590. The van der Waals surface area contributed by atoms with Crippen LogP contribution >= 0.6 is 0 Å². The number of hydrogen-bond donors (Lipinski definition) is 0. The minimum absolute atomic E-state index is 0.583. The van der Waals surface area contributed by atoms with Crippen LogP contribution in [0.3, 0.4) is 0 Å². The molecule has 1 fully saturated rings. The van der Waals surface area contributed by atoms with Crippen LogP contribution in [0.4, 0.5) is 4.39 Å². The van der Waals surface area contributed by atoms with Crippen LogP contribution in [0.15, 0.2) is 25.3 Å². The van der Waals surface area contributed by atoms with Crippen LogP contribution in [0.2, 0.25) is 0 Å². The van der Waals surface area contributed by atoms with Crippen LogP contribution in [-0.2, 0) is 0 Å². The zero-order valence-corrected chi connectivity index (χ0v) is 9.34. The highest BCUT2D eigenvalue weighted by Crippen LogP contribution is 2.30. The number of alkyl halides is 1. The Kier molecular flexibility index (Phi) is 8.61. The Morgan fingerprint density at radius 2 is 1.93 bits per heavy atom. The Morgan fingerprint density at radius 3 is 2.21 bits per heavy atom. The summed E-state index contributed by atoms with van der Waals surface area (Å²) in [7, 11) is 0. The molecule has 0 aromatic rings. The van der Waals surface area contributed by atoms with Crippen LogP contribution in [0.25, 0.3) is 0 Å². The van der Waals surface area contributed by atoms with Gasteiger partial charge < -0.3 is 0 Å². The van der Waals surface area contributed by atoms with Gasteiger partial charge in [-0.15, -0.1) is 0 Å². The second-order valence-corrected chi connectivity index (χ2v) is 3.98. The van der Waals surface area contributed by atoms with E-state index in [1.807, 2.05) is 0 Å². The van der Waals surface area contributed by atoms with Crippen LogP contribution in [0.5, 0.6) is 0 Å². The molecule has 0 bridgehead atoms. The van der Waals surface area contributed by atoms with Gasteiger partial charge in [0.1, 0.15) is 0 Å². The average molecular weight is 198 g/mol. The minimum atomic E-state index is -0.583. The third kappa shape index (κ3) is 8.03. The second-order valence-electron chi connectivity index (χ2n) is 3.98. The van der Waals surface area contributed by atoms with Gasteiger partial charge in [-0.3, -0.25) is 0 Å². The van der Waals surface area contributed by atoms with Crippen molar-refractivity contribution in [3.8, 4) is 0 Å². The first-order valence-electron chi connectivity index (χ1n) is 5.58. The molecule has 0 N–H and O–H groups in total. The molecule has 1 aliphatic rings. The number of rotatable bonds is 5. The first kappa shape index (κ1) is 13.4. The van der Waals surface area contributed by atoms with E-state index in [2.05, 4.69) is 13.2 Å². The summed E-state index contributed by atoms with van der Waals surface area (Å²) in [5.41, 5.74) is 0. The topological polar surface area (TPSA) is 0 Å². The molecule has 1 rings (SSSR count). The van der Waals surface area contributed by atoms with Crippen molar-refractivity contribution in [1.29, 1.82) is 0 Å². The van der Waals surface area contributed by atoms with E-state index in [1.165, 1.54) is 25.7 Å². The lowest BCUT2D eigenvalue weighted by Crippen LogP contribution is -2.10. The third-order valence-electron chi connectivity index (χ3n) is 2.61. The van der Waals surface area contributed by atoms with Crippen LogP contribution in [-0.4, -0.2) is 6.17 Å². The summed E-state index contributed by atoms with van der Waals surface area (Å²) in [6.07, 6.45) is 10.1. The highest BCUT2D eigenvalue weighted by molar-refractivity contribution is 4.88. The van der Waals surface area contributed by atoms with E-state index < -0.39 is 6.17 Å². The smallest absolute Gasteiger partial charge is 0.0973 e. The zero-order chi connectivity index (χ0) is 10.8. The largest absolute Gasteiger partial charge is 0.248 e. The van der Waals surface area contributed by atoms with E-state index in [0.717, 1.165) is 18.8 Å². The molecule has 1 unspecified atom stereocenters. The van der Waals surface area contributed by atoms with Gasteiger partial charge in [-0.1, -0.05) is 57.4 Å². The van der Waals surface area contributed by atoms with Crippen molar-refractivity contribution in [2.45, 2.75) is 51.6 Å². The van der Waals surface area contributed by atoms with Crippen molar-refractivity contribution in [3.63, 3.8) is 0 Å². The van der Waals surface area contributed by atoms with Crippen molar-refractivity contribution >= 4 is 0 Å². The van der Waals surface area contributed by atoms with E-state index >= 15 is 0 Å². The molecule has 0 aliphatic heterocycles. The molecule has 1 atom stereocenters. The molecule has 0 amide bonds. The van der Waals surface area contributed by atoms with Crippen molar-refractivity contribution < 1.29 is 4.39 Å². The molecule has 0 radical (unpaired) electrons. The third-order valence-corrected chi connectivity index (χ3v) is 2.61. The van der Waals surface area contributed by atoms with E-state index in [0.29, 0.717) is 0 Å². The fraction of sp³-hybridized carbons (Fsp3) is 0.692. The molecule has 0 saturated heterocycles. The van der Waals surface area contributed by atoms with Crippen molar-refractivity contribution in [2.75, 3.05) is 0 Å². The fourth-order valence-corrected chi connectivity index (χ4v) is 1.47. The van der Waals surface area contributed by atoms with Gasteiger partial charge in [0.15, 0.2) is 0 Å². The van der Waals surface area contributed by atoms with Gasteiger partial charge in [-0.05, 0) is 19.3 Å². The molecule has 0 aromatic heterocycles. The summed E-state index contributed by atoms with van der Waals surface area (Å²) >= 11 is 0. The SMILES string of the molecule is C=CC=C.CC(F)CCCC1CCC1. The van der Waals surface area contributed by atoms with Crippen molar-refractivity contribution in [3.05, 3.63) is 25.3 Å². The maximum Gasteiger partial charge on any atom is 0.0973 e. The molecule has 1 heteroatoms. The number of hydrogen-bond acceptors (Lipinski definition) is 0. The van der Waals surface area contributed by atoms with E-state index in [9.17, 15) is 4.39 Å². The molecule has 0 aromatic carbocycles.